The van der Waals surface area contributed by atoms with Crippen molar-refractivity contribution < 1.29 is 9.53 Å². The predicted octanol–water partition coefficient (Wildman–Crippen LogP) is 4.86. The normalized spacial score (nSPS) is 24.0. The van der Waals surface area contributed by atoms with Crippen LogP contribution < -0.4 is 5.32 Å². The van der Waals surface area contributed by atoms with Gasteiger partial charge in [-0.25, -0.2) is 4.79 Å². The third-order valence-corrected chi connectivity index (χ3v) is 5.42. The zero-order chi connectivity index (χ0) is 19.4. The third-order valence-electron chi connectivity index (χ3n) is 5.42. The van der Waals surface area contributed by atoms with Gasteiger partial charge in [0.15, 0.2) is 0 Å². The van der Waals surface area contributed by atoms with Crippen LogP contribution in [0.4, 0.5) is 4.79 Å². The first-order valence-electron chi connectivity index (χ1n) is 10.3. The largest absolute Gasteiger partial charge is 0.444 e. The number of likely N-dealkylation sites (tertiary alicyclic amines) is 1. The van der Waals surface area contributed by atoms with E-state index in [0.29, 0.717) is 18.0 Å². The fraction of sp³-hybridized carbons (Fsp3) is 0.609. The van der Waals surface area contributed by atoms with Gasteiger partial charge in [-0.15, -0.1) is 0 Å². The molecule has 3 rings (SSSR count). The molecule has 4 heteroatoms. The van der Waals surface area contributed by atoms with Gasteiger partial charge < -0.3 is 15.0 Å². The summed E-state index contributed by atoms with van der Waals surface area (Å²) in [5.41, 5.74) is 2.42. The second-order valence-corrected chi connectivity index (χ2v) is 8.84. The van der Waals surface area contributed by atoms with E-state index in [0.717, 1.165) is 32.4 Å². The molecule has 1 amide bonds. The van der Waals surface area contributed by atoms with E-state index in [1.54, 1.807) is 5.57 Å². The first kappa shape index (κ1) is 19.9. The van der Waals surface area contributed by atoms with Crippen LogP contribution in [0.3, 0.4) is 0 Å². The summed E-state index contributed by atoms with van der Waals surface area (Å²) in [5, 5.41) is 3.83. The van der Waals surface area contributed by atoms with E-state index in [2.05, 4.69) is 48.6 Å². The van der Waals surface area contributed by atoms with Gasteiger partial charge in [0.05, 0.1) is 0 Å². The maximum absolute atomic E-state index is 12.2. The van der Waals surface area contributed by atoms with Crippen molar-refractivity contribution in [3.05, 3.63) is 41.5 Å². The van der Waals surface area contributed by atoms with Crippen LogP contribution in [0.15, 0.2) is 35.9 Å². The maximum Gasteiger partial charge on any atom is 0.410 e. The van der Waals surface area contributed by atoms with E-state index in [1.807, 2.05) is 25.7 Å². The molecule has 1 N–H and O–H groups in total. The molecule has 0 unspecified atom stereocenters. The summed E-state index contributed by atoms with van der Waals surface area (Å²) in [6.07, 6.45) is 6.54. The van der Waals surface area contributed by atoms with Crippen molar-refractivity contribution >= 4 is 12.2 Å². The number of hydrogen-bond donors (Lipinski definition) is 1. The summed E-state index contributed by atoms with van der Waals surface area (Å²) in [7, 11) is 0. The molecule has 1 saturated heterocycles. The van der Waals surface area contributed by atoms with Crippen molar-refractivity contribution in [3.63, 3.8) is 0 Å². The molecule has 0 spiro atoms. The van der Waals surface area contributed by atoms with Crippen LogP contribution in [0, 0.1) is 5.92 Å². The van der Waals surface area contributed by atoms with Crippen molar-refractivity contribution in [2.75, 3.05) is 13.1 Å². The molecular weight excluding hydrogens is 336 g/mol. The van der Waals surface area contributed by atoms with Gasteiger partial charge in [-0.05, 0) is 57.9 Å². The molecule has 4 nitrogen and oxygen atoms in total. The van der Waals surface area contributed by atoms with Gasteiger partial charge >= 0.3 is 6.09 Å². The van der Waals surface area contributed by atoms with E-state index in [1.165, 1.54) is 12.0 Å². The standard InChI is InChI=1S/C23H34N2O2/c1-5-18(15-17-9-7-6-8-10-17)20-16-21(20)24-19-11-13-25(14-12-19)22(26)27-23(2,3)4/h6-10,15,19-21,24H,5,11-14,16H2,1-4H3/b18-15+/t20-,21+/m0/s1. The first-order valence-corrected chi connectivity index (χ1v) is 10.3. The molecule has 0 radical (unpaired) electrons. The van der Waals surface area contributed by atoms with Crippen LogP contribution in [0.25, 0.3) is 6.08 Å². The number of rotatable bonds is 5. The minimum absolute atomic E-state index is 0.177. The van der Waals surface area contributed by atoms with Gasteiger partial charge in [0.1, 0.15) is 5.60 Å². The highest BCUT2D eigenvalue weighted by Gasteiger charge is 2.40. The number of piperidine rings is 1. The van der Waals surface area contributed by atoms with Gasteiger partial charge in [0.2, 0.25) is 0 Å². The van der Waals surface area contributed by atoms with E-state index in [9.17, 15) is 4.79 Å². The van der Waals surface area contributed by atoms with Crippen LogP contribution >= 0.6 is 0 Å². The van der Waals surface area contributed by atoms with Crippen LogP contribution in [0.1, 0.15) is 58.9 Å². The predicted molar refractivity (Wildman–Crippen MR) is 111 cm³/mol. The van der Waals surface area contributed by atoms with Crippen molar-refractivity contribution in [1.82, 2.24) is 10.2 Å². The lowest BCUT2D eigenvalue weighted by molar-refractivity contribution is 0.0198. The summed E-state index contributed by atoms with van der Waals surface area (Å²) in [6, 6.07) is 11.7. The lowest BCUT2D eigenvalue weighted by atomic mass is 10.0. The second-order valence-electron chi connectivity index (χ2n) is 8.84. The molecule has 2 aliphatic rings. The van der Waals surface area contributed by atoms with E-state index < -0.39 is 5.60 Å². The highest BCUT2D eigenvalue weighted by molar-refractivity contribution is 5.68. The van der Waals surface area contributed by atoms with Crippen LogP contribution in [0.5, 0.6) is 0 Å². The molecule has 148 valence electrons. The summed E-state index contributed by atoms with van der Waals surface area (Å²) in [5.74, 6) is 0.666. The molecule has 1 heterocycles. The summed E-state index contributed by atoms with van der Waals surface area (Å²) in [4.78, 5) is 14.0. The fourth-order valence-corrected chi connectivity index (χ4v) is 3.88. The summed E-state index contributed by atoms with van der Waals surface area (Å²) < 4.78 is 5.48. The molecule has 1 aliphatic carbocycles. The number of nitrogens with zero attached hydrogens (tertiary/aromatic N) is 1. The number of carbonyl (C=O) groups excluding carboxylic acids is 1. The average molecular weight is 371 g/mol. The molecule has 1 aromatic carbocycles. The number of amides is 1. The van der Waals surface area contributed by atoms with Gasteiger partial charge in [0.25, 0.3) is 0 Å². The molecular formula is C23H34N2O2. The fourth-order valence-electron chi connectivity index (χ4n) is 3.88. The van der Waals surface area contributed by atoms with Crippen molar-refractivity contribution in [2.24, 2.45) is 5.92 Å². The topological polar surface area (TPSA) is 41.6 Å². The molecule has 1 aromatic rings. The van der Waals surface area contributed by atoms with Gasteiger partial charge in [0, 0.05) is 25.2 Å². The summed E-state index contributed by atoms with van der Waals surface area (Å²) >= 11 is 0. The Labute approximate surface area is 164 Å². The smallest absolute Gasteiger partial charge is 0.410 e. The molecule has 2 atom stereocenters. The van der Waals surface area contributed by atoms with Gasteiger partial charge in [-0.1, -0.05) is 48.9 Å². The number of nitrogens with one attached hydrogen (secondary N) is 1. The Kier molecular flexibility index (Phi) is 6.25. The maximum atomic E-state index is 12.2. The first-order chi connectivity index (χ1) is 12.9. The molecule has 2 fully saturated rings. The minimum Gasteiger partial charge on any atom is -0.444 e. The van der Waals surface area contributed by atoms with Gasteiger partial charge in [-0.3, -0.25) is 0 Å². The highest BCUT2D eigenvalue weighted by Crippen LogP contribution is 2.40. The number of ether oxygens (including phenoxy) is 1. The quantitative estimate of drug-likeness (QED) is 0.805. The molecule has 0 aromatic heterocycles. The lowest BCUT2D eigenvalue weighted by Gasteiger charge is -2.34. The molecule has 1 aliphatic heterocycles. The lowest BCUT2D eigenvalue weighted by Crippen LogP contribution is -2.47. The number of hydrogen-bond acceptors (Lipinski definition) is 3. The van der Waals surface area contributed by atoms with Crippen molar-refractivity contribution in [1.29, 1.82) is 0 Å². The average Bonchev–Trinajstić information content (AvgIpc) is 3.38. The van der Waals surface area contributed by atoms with Crippen LogP contribution in [-0.4, -0.2) is 41.8 Å². The Balaban J connectivity index is 1.45. The Hall–Kier alpha value is -1.81. The monoisotopic (exact) mass is 370 g/mol. The molecule has 0 bridgehead atoms. The number of carbonyl (C=O) groups is 1. The zero-order valence-electron chi connectivity index (χ0n) is 17.2. The van der Waals surface area contributed by atoms with E-state index in [4.69, 9.17) is 4.74 Å². The van der Waals surface area contributed by atoms with Crippen LogP contribution in [-0.2, 0) is 4.74 Å². The molecule has 27 heavy (non-hydrogen) atoms. The second kappa shape index (κ2) is 8.47. The Morgan fingerprint density at radius 1 is 1.22 bits per heavy atom. The minimum atomic E-state index is -0.422. The van der Waals surface area contributed by atoms with Crippen molar-refractivity contribution in [3.8, 4) is 0 Å². The molecule has 1 saturated carbocycles. The Bertz CT molecular complexity index is 655. The SMILES string of the molecule is CC/C(=C\c1ccccc1)[C@@H]1C[C@H]1NC1CCN(C(=O)OC(C)(C)C)CC1. The highest BCUT2D eigenvalue weighted by atomic mass is 16.6. The number of benzene rings is 1. The van der Waals surface area contributed by atoms with E-state index >= 15 is 0 Å². The van der Waals surface area contributed by atoms with Gasteiger partial charge in [-0.2, -0.15) is 0 Å². The van der Waals surface area contributed by atoms with Crippen LogP contribution in [0.2, 0.25) is 0 Å². The Morgan fingerprint density at radius 3 is 2.48 bits per heavy atom. The zero-order valence-corrected chi connectivity index (χ0v) is 17.2. The third kappa shape index (κ3) is 5.83. The summed E-state index contributed by atoms with van der Waals surface area (Å²) in [6.45, 7) is 9.57. The van der Waals surface area contributed by atoms with E-state index in [-0.39, 0.29) is 6.09 Å². The Morgan fingerprint density at radius 2 is 1.89 bits per heavy atom. The van der Waals surface area contributed by atoms with Crippen molar-refractivity contribution in [2.45, 2.75) is 71.1 Å².